The van der Waals surface area contributed by atoms with Crippen molar-refractivity contribution < 1.29 is 23.4 Å². The highest BCUT2D eigenvalue weighted by atomic mass is 35.5. The second-order valence-corrected chi connectivity index (χ2v) is 7.52. The number of hydrogen-bond acceptors (Lipinski definition) is 5. The molecule has 0 aliphatic carbocycles. The van der Waals surface area contributed by atoms with Gasteiger partial charge in [0.05, 0.1) is 19.2 Å². The van der Waals surface area contributed by atoms with Crippen LogP contribution in [0.15, 0.2) is 66.2 Å². The molecular weight excluding hydrogens is 459 g/mol. The van der Waals surface area contributed by atoms with Crippen LogP contribution in [0, 0.1) is 17.1 Å². The number of nitriles is 1. The van der Waals surface area contributed by atoms with E-state index in [4.69, 9.17) is 25.8 Å². The van der Waals surface area contributed by atoms with Crippen molar-refractivity contribution in [1.29, 1.82) is 5.26 Å². The molecule has 3 aromatic carbocycles. The normalized spacial score (nSPS) is 10.9. The summed E-state index contributed by atoms with van der Waals surface area (Å²) in [4.78, 5) is 12.5. The standard InChI is InChI=1S/C26H22ClFN2O4/c1-32-21-9-7-17(8-10-21)15-30-26(31)20(14-29)11-18-12-22(27)25(24(13-18)33-2)34-16-19-5-3-4-6-23(19)28/h3-13H,15-16H2,1-2H3,(H,30,31)/b20-11-. The van der Waals surface area contributed by atoms with Crippen molar-refractivity contribution >= 4 is 23.6 Å². The van der Waals surface area contributed by atoms with Crippen LogP contribution in [-0.2, 0) is 17.9 Å². The fraction of sp³-hybridized carbons (Fsp3) is 0.154. The third-order valence-electron chi connectivity index (χ3n) is 4.87. The Kier molecular flexibility index (Phi) is 8.49. The van der Waals surface area contributed by atoms with Crippen LogP contribution < -0.4 is 19.5 Å². The molecule has 0 unspecified atom stereocenters. The Morgan fingerprint density at radius 2 is 1.85 bits per heavy atom. The van der Waals surface area contributed by atoms with Gasteiger partial charge in [0.1, 0.15) is 29.8 Å². The Bertz CT molecular complexity index is 1240. The maximum atomic E-state index is 13.9. The average molecular weight is 481 g/mol. The third-order valence-corrected chi connectivity index (χ3v) is 5.15. The number of nitrogens with one attached hydrogen (secondary N) is 1. The summed E-state index contributed by atoms with van der Waals surface area (Å²) in [5, 5.41) is 12.4. The Morgan fingerprint density at radius 1 is 1.12 bits per heavy atom. The molecule has 1 N–H and O–H groups in total. The van der Waals surface area contributed by atoms with Crippen LogP contribution in [-0.4, -0.2) is 20.1 Å². The number of ether oxygens (including phenoxy) is 3. The lowest BCUT2D eigenvalue weighted by Crippen LogP contribution is -2.23. The first-order valence-corrected chi connectivity index (χ1v) is 10.6. The van der Waals surface area contributed by atoms with Crippen molar-refractivity contribution in [1.82, 2.24) is 5.32 Å². The summed E-state index contributed by atoms with van der Waals surface area (Å²) in [6.45, 7) is 0.198. The Morgan fingerprint density at radius 3 is 2.50 bits per heavy atom. The summed E-state index contributed by atoms with van der Waals surface area (Å²) < 4.78 is 30.0. The molecule has 174 valence electrons. The van der Waals surface area contributed by atoms with Crippen molar-refractivity contribution in [2.45, 2.75) is 13.2 Å². The summed E-state index contributed by atoms with van der Waals surface area (Å²) in [5.74, 6) is 0.294. The molecule has 0 heterocycles. The molecule has 8 heteroatoms. The fourth-order valence-corrected chi connectivity index (χ4v) is 3.34. The maximum absolute atomic E-state index is 13.9. The zero-order valence-electron chi connectivity index (χ0n) is 18.6. The molecule has 0 aliphatic heterocycles. The van der Waals surface area contributed by atoms with Crippen LogP contribution in [0.4, 0.5) is 4.39 Å². The zero-order chi connectivity index (χ0) is 24.5. The number of amides is 1. The Labute approximate surface area is 202 Å². The van der Waals surface area contributed by atoms with Crippen molar-refractivity contribution in [3.05, 3.63) is 93.8 Å². The van der Waals surface area contributed by atoms with Crippen molar-refractivity contribution in [3.63, 3.8) is 0 Å². The number of rotatable bonds is 9. The predicted octanol–water partition coefficient (Wildman–Crippen LogP) is 5.30. The van der Waals surface area contributed by atoms with E-state index in [0.717, 1.165) is 5.56 Å². The molecule has 0 atom stereocenters. The number of carbonyl (C=O) groups excluding carboxylic acids is 1. The van der Waals surface area contributed by atoms with Gasteiger partial charge in [-0.3, -0.25) is 4.79 Å². The van der Waals surface area contributed by atoms with Gasteiger partial charge in [-0.15, -0.1) is 0 Å². The molecule has 3 aromatic rings. The van der Waals surface area contributed by atoms with Gasteiger partial charge in [0, 0.05) is 12.1 Å². The molecule has 0 spiro atoms. The lowest BCUT2D eigenvalue weighted by atomic mass is 10.1. The summed E-state index contributed by atoms with van der Waals surface area (Å²) in [5.41, 5.74) is 1.58. The first-order valence-electron chi connectivity index (χ1n) is 10.2. The van der Waals surface area contributed by atoms with Crippen molar-refractivity contribution in [2.75, 3.05) is 14.2 Å². The van der Waals surface area contributed by atoms with E-state index in [1.165, 1.54) is 25.3 Å². The molecule has 0 radical (unpaired) electrons. The number of methoxy groups -OCH3 is 2. The van der Waals surface area contributed by atoms with Gasteiger partial charge >= 0.3 is 0 Å². The molecular formula is C26H22ClFN2O4. The van der Waals surface area contributed by atoms with Crippen molar-refractivity contribution in [3.8, 4) is 23.3 Å². The second kappa shape index (κ2) is 11.7. The largest absolute Gasteiger partial charge is 0.497 e. The first kappa shape index (κ1) is 24.6. The minimum atomic E-state index is -0.534. The van der Waals surface area contributed by atoms with E-state index in [0.29, 0.717) is 16.9 Å². The van der Waals surface area contributed by atoms with E-state index in [9.17, 15) is 14.4 Å². The molecule has 34 heavy (non-hydrogen) atoms. The van der Waals surface area contributed by atoms with E-state index in [1.54, 1.807) is 43.5 Å². The highest BCUT2D eigenvalue weighted by Crippen LogP contribution is 2.37. The van der Waals surface area contributed by atoms with Gasteiger partial charge in [-0.2, -0.15) is 5.26 Å². The van der Waals surface area contributed by atoms with Crippen molar-refractivity contribution in [2.24, 2.45) is 0 Å². The third kappa shape index (κ3) is 6.27. The molecule has 0 saturated heterocycles. The molecule has 0 bridgehead atoms. The van der Waals surface area contributed by atoms with Gasteiger partial charge in [-0.1, -0.05) is 41.9 Å². The van der Waals surface area contributed by atoms with E-state index < -0.39 is 11.7 Å². The van der Waals surface area contributed by atoms with Gasteiger partial charge in [-0.05, 0) is 47.5 Å². The number of carbonyl (C=O) groups is 1. The fourth-order valence-electron chi connectivity index (χ4n) is 3.06. The minimum Gasteiger partial charge on any atom is -0.497 e. The molecule has 1 amide bonds. The SMILES string of the molecule is COc1ccc(CNC(=O)/C(C#N)=C\c2cc(Cl)c(OCc3ccccc3F)c(OC)c2)cc1. The highest BCUT2D eigenvalue weighted by Gasteiger charge is 2.15. The lowest BCUT2D eigenvalue weighted by Gasteiger charge is -2.14. The van der Waals surface area contributed by atoms with Gasteiger partial charge in [0.25, 0.3) is 5.91 Å². The molecule has 0 saturated carbocycles. The van der Waals surface area contributed by atoms with E-state index >= 15 is 0 Å². The monoisotopic (exact) mass is 480 g/mol. The number of benzene rings is 3. The molecule has 0 aromatic heterocycles. The maximum Gasteiger partial charge on any atom is 0.262 e. The lowest BCUT2D eigenvalue weighted by molar-refractivity contribution is -0.117. The highest BCUT2D eigenvalue weighted by molar-refractivity contribution is 6.32. The van der Waals surface area contributed by atoms with Gasteiger partial charge in [-0.25, -0.2) is 4.39 Å². The summed E-state index contributed by atoms with van der Waals surface area (Å²) in [6, 6.07) is 18.5. The molecule has 6 nitrogen and oxygen atoms in total. The van der Waals surface area contributed by atoms with Crippen LogP contribution >= 0.6 is 11.6 Å². The summed E-state index contributed by atoms with van der Waals surface area (Å²) in [7, 11) is 3.01. The van der Waals surface area contributed by atoms with E-state index in [2.05, 4.69) is 5.32 Å². The topological polar surface area (TPSA) is 80.6 Å². The quantitative estimate of drug-likeness (QED) is 0.332. The second-order valence-electron chi connectivity index (χ2n) is 7.11. The van der Waals surface area contributed by atoms with Gasteiger partial charge in [0.15, 0.2) is 11.5 Å². The van der Waals surface area contributed by atoms with Gasteiger partial charge < -0.3 is 19.5 Å². The molecule has 0 aliphatic rings. The smallest absolute Gasteiger partial charge is 0.262 e. The number of halogens is 2. The molecule has 3 rings (SSSR count). The van der Waals surface area contributed by atoms with E-state index in [-0.39, 0.29) is 35.2 Å². The van der Waals surface area contributed by atoms with Crippen LogP contribution in [0.2, 0.25) is 5.02 Å². The average Bonchev–Trinajstić information content (AvgIpc) is 2.86. The Balaban J connectivity index is 1.74. The summed E-state index contributed by atoms with van der Waals surface area (Å²) in [6.07, 6.45) is 1.40. The van der Waals surface area contributed by atoms with Crippen LogP contribution in [0.25, 0.3) is 6.08 Å². The number of hydrogen-bond donors (Lipinski definition) is 1. The summed E-state index contributed by atoms with van der Waals surface area (Å²) >= 11 is 6.37. The van der Waals surface area contributed by atoms with Gasteiger partial charge in [0.2, 0.25) is 0 Å². The number of nitrogens with zero attached hydrogens (tertiary/aromatic N) is 1. The first-order chi connectivity index (χ1) is 16.4. The minimum absolute atomic E-state index is 0.0465. The van der Waals surface area contributed by atoms with Crippen LogP contribution in [0.5, 0.6) is 17.2 Å². The molecule has 0 fully saturated rings. The van der Waals surface area contributed by atoms with Crippen LogP contribution in [0.1, 0.15) is 16.7 Å². The van der Waals surface area contributed by atoms with Crippen LogP contribution in [0.3, 0.4) is 0 Å². The zero-order valence-corrected chi connectivity index (χ0v) is 19.4. The predicted molar refractivity (Wildman–Crippen MR) is 127 cm³/mol. The Hall–Kier alpha value is -4.02. The van der Waals surface area contributed by atoms with E-state index in [1.807, 2.05) is 18.2 Å².